The van der Waals surface area contributed by atoms with E-state index in [1.54, 1.807) is 18.2 Å². The maximum absolute atomic E-state index is 13.7. The number of aromatic nitrogens is 1. The average molecular weight is 506 g/mol. The molecule has 2 aromatic carbocycles. The van der Waals surface area contributed by atoms with Crippen LogP contribution in [0.3, 0.4) is 0 Å². The number of amides is 2. The minimum Gasteiger partial charge on any atom is -0.391 e. The lowest BCUT2D eigenvalue weighted by Crippen LogP contribution is -2.39. The number of carbonyl (C=O) groups excluding carboxylic acids is 3. The fourth-order valence-corrected chi connectivity index (χ4v) is 5.63. The zero-order valence-corrected chi connectivity index (χ0v) is 21.2. The summed E-state index contributed by atoms with van der Waals surface area (Å²) in [6, 6.07) is 11.7. The molecule has 0 radical (unpaired) electrons. The van der Waals surface area contributed by atoms with Gasteiger partial charge in [0, 0.05) is 55.4 Å². The molecule has 1 atom stereocenters. The number of rotatable bonds is 5. The van der Waals surface area contributed by atoms with Gasteiger partial charge in [-0.15, -0.1) is 0 Å². The minimum atomic E-state index is -0.627. The number of aliphatic hydroxyl groups excluding tert-OH is 1. The number of benzene rings is 2. The van der Waals surface area contributed by atoms with Crippen molar-refractivity contribution in [3.05, 3.63) is 70.7 Å². The Morgan fingerprint density at radius 3 is 2.30 bits per heavy atom. The molecule has 0 aliphatic carbocycles. The lowest BCUT2D eigenvalue weighted by molar-refractivity contribution is -0.125. The number of nitrogens with zero attached hydrogens (tertiary/aromatic N) is 3. The van der Waals surface area contributed by atoms with Crippen LogP contribution in [0.5, 0.6) is 0 Å². The molecule has 0 spiro atoms. The maximum Gasteiger partial charge on any atom is 0.295 e. The largest absolute Gasteiger partial charge is 0.391 e. The van der Waals surface area contributed by atoms with Crippen LogP contribution < -0.4 is 0 Å². The first kappa shape index (κ1) is 25.1. The molecule has 37 heavy (non-hydrogen) atoms. The molecule has 2 fully saturated rings. The Hall–Kier alpha value is -3.52. The van der Waals surface area contributed by atoms with Gasteiger partial charge < -0.3 is 19.5 Å². The first-order chi connectivity index (χ1) is 17.7. The number of aliphatic hydroxyl groups is 1. The Labute approximate surface area is 215 Å². The van der Waals surface area contributed by atoms with E-state index in [2.05, 4.69) is 0 Å². The number of Topliss-reactive ketones (excluding diaryl/α,β-unsaturated/α-hetero) is 1. The number of β-amino-alcohol motifs (C(OH)–C–C–N with tert-alkyl or cyclic N) is 1. The van der Waals surface area contributed by atoms with Crippen molar-refractivity contribution in [2.45, 2.75) is 38.7 Å². The Kier molecular flexibility index (Phi) is 6.86. The molecule has 3 aromatic rings. The molecule has 1 aromatic heterocycles. The van der Waals surface area contributed by atoms with Crippen molar-refractivity contribution in [2.24, 2.45) is 13.0 Å². The SMILES string of the molecule is Cc1c(C(=O)N2CCC(Cc3ccc(F)cc3)CC2)c2cc(C(=O)C(=O)N3CC[C@H](O)C3)ccc2n1C. The van der Waals surface area contributed by atoms with Gasteiger partial charge in [-0.1, -0.05) is 12.1 Å². The summed E-state index contributed by atoms with van der Waals surface area (Å²) >= 11 is 0. The predicted octanol–water partition coefficient (Wildman–Crippen LogP) is 3.50. The van der Waals surface area contributed by atoms with Crippen LogP contribution in [0, 0.1) is 18.7 Å². The molecule has 194 valence electrons. The fourth-order valence-electron chi connectivity index (χ4n) is 5.63. The van der Waals surface area contributed by atoms with Crippen molar-refractivity contribution < 1.29 is 23.9 Å². The fraction of sp³-hybridized carbons (Fsp3) is 0.414. The Morgan fingerprint density at radius 1 is 0.973 bits per heavy atom. The second-order valence-electron chi connectivity index (χ2n) is 10.3. The Bertz CT molecular complexity index is 1360. The van der Waals surface area contributed by atoms with Gasteiger partial charge >= 0.3 is 0 Å². The number of likely N-dealkylation sites (tertiary alicyclic amines) is 2. The molecule has 0 bridgehead atoms. The van der Waals surface area contributed by atoms with E-state index in [9.17, 15) is 23.9 Å². The van der Waals surface area contributed by atoms with Gasteiger partial charge in [0.2, 0.25) is 5.78 Å². The van der Waals surface area contributed by atoms with E-state index >= 15 is 0 Å². The summed E-state index contributed by atoms with van der Waals surface area (Å²) < 4.78 is 15.2. The van der Waals surface area contributed by atoms with E-state index in [0.717, 1.165) is 36.0 Å². The van der Waals surface area contributed by atoms with Gasteiger partial charge in [0.05, 0.1) is 11.7 Å². The topological polar surface area (TPSA) is 82.8 Å². The van der Waals surface area contributed by atoms with Crippen LogP contribution in [-0.4, -0.2) is 69.4 Å². The van der Waals surface area contributed by atoms with Crippen molar-refractivity contribution in [3.63, 3.8) is 0 Å². The first-order valence-corrected chi connectivity index (χ1v) is 12.9. The van der Waals surface area contributed by atoms with Gasteiger partial charge in [-0.25, -0.2) is 4.39 Å². The summed E-state index contributed by atoms with van der Waals surface area (Å²) in [5.41, 5.74) is 3.55. The molecule has 2 amide bonds. The third-order valence-corrected chi connectivity index (χ3v) is 7.95. The van der Waals surface area contributed by atoms with Crippen molar-refractivity contribution in [2.75, 3.05) is 26.2 Å². The van der Waals surface area contributed by atoms with Crippen LogP contribution in [0.1, 0.15) is 51.2 Å². The summed E-state index contributed by atoms with van der Waals surface area (Å²) in [7, 11) is 1.89. The van der Waals surface area contributed by atoms with Gasteiger partial charge in [0.25, 0.3) is 11.8 Å². The molecule has 0 saturated carbocycles. The van der Waals surface area contributed by atoms with Crippen molar-refractivity contribution >= 4 is 28.5 Å². The lowest BCUT2D eigenvalue weighted by Gasteiger charge is -2.32. The van der Waals surface area contributed by atoms with E-state index in [0.29, 0.717) is 42.9 Å². The molecule has 2 saturated heterocycles. The van der Waals surface area contributed by atoms with E-state index in [4.69, 9.17) is 0 Å². The van der Waals surface area contributed by atoms with Gasteiger partial charge in [-0.05, 0) is 74.4 Å². The second kappa shape index (κ2) is 10.1. The van der Waals surface area contributed by atoms with Crippen molar-refractivity contribution in [3.8, 4) is 0 Å². The van der Waals surface area contributed by atoms with Crippen LogP contribution in [0.15, 0.2) is 42.5 Å². The van der Waals surface area contributed by atoms with Crippen molar-refractivity contribution in [1.82, 2.24) is 14.4 Å². The lowest BCUT2D eigenvalue weighted by atomic mass is 9.90. The van der Waals surface area contributed by atoms with Crippen LogP contribution in [0.25, 0.3) is 10.9 Å². The number of ketones is 1. The van der Waals surface area contributed by atoms with Gasteiger partial charge in [0.15, 0.2) is 0 Å². The molecule has 7 nitrogen and oxygen atoms in total. The molecule has 3 heterocycles. The average Bonchev–Trinajstić information content (AvgIpc) is 3.45. The number of hydrogen-bond donors (Lipinski definition) is 1. The van der Waals surface area contributed by atoms with Crippen LogP contribution in [0.4, 0.5) is 4.39 Å². The molecule has 5 rings (SSSR count). The van der Waals surface area contributed by atoms with Gasteiger partial charge in [0.1, 0.15) is 5.82 Å². The van der Waals surface area contributed by atoms with Crippen LogP contribution in [-0.2, 0) is 18.3 Å². The van der Waals surface area contributed by atoms with Crippen molar-refractivity contribution in [1.29, 1.82) is 0 Å². The predicted molar refractivity (Wildman–Crippen MR) is 138 cm³/mol. The maximum atomic E-state index is 13.7. The summed E-state index contributed by atoms with van der Waals surface area (Å²) in [5.74, 6) is -1.12. The summed E-state index contributed by atoms with van der Waals surface area (Å²) in [6.45, 7) is 3.69. The smallest absolute Gasteiger partial charge is 0.295 e. The molecule has 0 unspecified atom stereocenters. The van der Waals surface area contributed by atoms with Crippen LogP contribution in [0.2, 0.25) is 0 Å². The molecular weight excluding hydrogens is 473 g/mol. The third-order valence-electron chi connectivity index (χ3n) is 7.95. The molecular formula is C29H32FN3O4. The second-order valence-corrected chi connectivity index (χ2v) is 10.3. The quantitative estimate of drug-likeness (QED) is 0.425. The normalized spacial score (nSPS) is 18.5. The zero-order valence-electron chi connectivity index (χ0n) is 21.2. The monoisotopic (exact) mass is 505 g/mol. The first-order valence-electron chi connectivity index (χ1n) is 12.9. The minimum absolute atomic E-state index is 0.0677. The number of hydrogen-bond acceptors (Lipinski definition) is 4. The van der Waals surface area contributed by atoms with Crippen LogP contribution >= 0.6 is 0 Å². The van der Waals surface area contributed by atoms with E-state index in [-0.39, 0.29) is 23.8 Å². The number of carbonyl (C=O) groups is 3. The highest BCUT2D eigenvalue weighted by atomic mass is 19.1. The number of fused-ring (bicyclic) bond motifs is 1. The molecule has 2 aliphatic heterocycles. The number of halogens is 1. The number of piperidine rings is 1. The summed E-state index contributed by atoms with van der Waals surface area (Å²) in [6.07, 6.45) is 2.47. The van der Waals surface area contributed by atoms with E-state index < -0.39 is 17.8 Å². The molecule has 8 heteroatoms. The highest BCUT2D eigenvalue weighted by Gasteiger charge is 2.31. The standard InChI is InChI=1S/C29H32FN3O4/c1-18-26(28(36)32-12-9-20(10-13-32)15-19-3-6-22(30)7-4-19)24-16-21(5-8-25(24)31(18)2)27(35)29(37)33-14-11-23(34)17-33/h3-8,16,20,23,34H,9-15,17H2,1-2H3/t23-/m0/s1. The molecule has 1 N–H and O–H groups in total. The Morgan fingerprint density at radius 2 is 1.65 bits per heavy atom. The van der Waals surface area contributed by atoms with Gasteiger partial charge in [-0.3, -0.25) is 14.4 Å². The van der Waals surface area contributed by atoms with E-state index in [1.165, 1.54) is 17.0 Å². The zero-order chi connectivity index (χ0) is 26.3. The van der Waals surface area contributed by atoms with E-state index in [1.807, 2.05) is 35.6 Å². The highest BCUT2D eigenvalue weighted by Crippen LogP contribution is 2.30. The number of aryl methyl sites for hydroxylation is 1. The highest BCUT2D eigenvalue weighted by molar-refractivity contribution is 6.43. The summed E-state index contributed by atoms with van der Waals surface area (Å²) in [5, 5.41) is 10.4. The summed E-state index contributed by atoms with van der Waals surface area (Å²) in [4.78, 5) is 42.6. The van der Waals surface area contributed by atoms with Gasteiger partial charge in [-0.2, -0.15) is 0 Å². The Balaban J connectivity index is 1.34. The molecule has 2 aliphatic rings. The third kappa shape index (κ3) is 4.90.